The Morgan fingerprint density at radius 3 is 2.64 bits per heavy atom. The minimum absolute atomic E-state index is 0.0672. The van der Waals surface area contributed by atoms with Crippen LogP contribution in [0.5, 0.6) is 0 Å². The highest BCUT2D eigenvalue weighted by molar-refractivity contribution is 7.09. The molecule has 1 aromatic heterocycles. The Morgan fingerprint density at radius 2 is 2.09 bits per heavy atom. The molecule has 0 spiro atoms. The minimum atomic E-state index is -0.243. The Bertz CT molecular complexity index is 502. The van der Waals surface area contributed by atoms with Crippen LogP contribution in [0.25, 0.3) is 0 Å². The van der Waals surface area contributed by atoms with Crippen LogP contribution in [0.2, 0.25) is 0 Å². The lowest BCUT2D eigenvalue weighted by atomic mass is 9.93. The first-order valence-electron chi connectivity index (χ1n) is 7.85. The quantitative estimate of drug-likeness (QED) is 0.918. The van der Waals surface area contributed by atoms with Crippen LogP contribution in [-0.4, -0.2) is 58.6 Å². The van der Waals surface area contributed by atoms with E-state index in [9.17, 15) is 9.90 Å². The molecular formula is C16H27N3O2S. The molecule has 0 unspecified atom stereocenters. The molecule has 1 amide bonds. The second-order valence-corrected chi connectivity index (χ2v) is 8.10. The first kappa shape index (κ1) is 17.4. The summed E-state index contributed by atoms with van der Waals surface area (Å²) in [5.74, 6) is 0.141. The Morgan fingerprint density at radius 1 is 1.45 bits per heavy atom. The van der Waals surface area contributed by atoms with Crippen LogP contribution in [0.3, 0.4) is 0 Å². The van der Waals surface area contributed by atoms with E-state index < -0.39 is 0 Å². The first-order chi connectivity index (χ1) is 10.3. The summed E-state index contributed by atoms with van der Waals surface area (Å²) in [4.78, 5) is 20.8. The zero-order chi connectivity index (χ0) is 16.3. The molecule has 22 heavy (non-hydrogen) atoms. The summed E-state index contributed by atoms with van der Waals surface area (Å²) < 4.78 is 0. The van der Waals surface area contributed by atoms with Gasteiger partial charge in [-0.15, -0.1) is 11.3 Å². The molecule has 124 valence electrons. The van der Waals surface area contributed by atoms with Gasteiger partial charge in [0.15, 0.2) is 0 Å². The van der Waals surface area contributed by atoms with Crippen molar-refractivity contribution in [2.24, 2.45) is 0 Å². The van der Waals surface area contributed by atoms with Crippen molar-refractivity contribution in [2.45, 2.75) is 51.7 Å². The number of likely N-dealkylation sites (tertiary alicyclic amines) is 1. The van der Waals surface area contributed by atoms with Crippen LogP contribution >= 0.6 is 11.3 Å². The molecule has 1 fully saturated rings. The third kappa shape index (κ3) is 4.76. The van der Waals surface area contributed by atoms with E-state index in [0.29, 0.717) is 39.0 Å². The maximum Gasteiger partial charge on any atom is 0.236 e. The molecule has 0 radical (unpaired) electrons. The molecular weight excluding hydrogens is 298 g/mol. The fourth-order valence-electron chi connectivity index (χ4n) is 2.46. The van der Waals surface area contributed by atoms with Crippen LogP contribution in [-0.2, 0) is 16.8 Å². The molecule has 1 aliphatic rings. The number of piperidine rings is 1. The van der Waals surface area contributed by atoms with Gasteiger partial charge in [-0.1, -0.05) is 20.8 Å². The van der Waals surface area contributed by atoms with Gasteiger partial charge in [0.2, 0.25) is 5.91 Å². The molecule has 1 aliphatic heterocycles. The van der Waals surface area contributed by atoms with Crippen LogP contribution in [0.1, 0.15) is 44.3 Å². The molecule has 6 heteroatoms. The fourth-order valence-corrected chi connectivity index (χ4v) is 3.56. The number of hydrogen-bond acceptors (Lipinski definition) is 5. The van der Waals surface area contributed by atoms with Crippen molar-refractivity contribution < 1.29 is 9.90 Å². The second-order valence-electron chi connectivity index (χ2n) is 7.16. The fraction of sp³-hybridized carbons (Fsp3) is 0.750. The van der Waals surface area contributed by atoms with Gasteiger partial charge in [-0.3, -0.25) is 9.69 Å². The zero-order valence-corrected chi connectivity index (χ0v) is 14.8. The highest BCUT2D eigenvalue weighted by Gasteiger charge is 2.22. The molecule has 0 saturated carbocycles. The first-order valence-corrected chi connectivity index (χ1v) is 8.73. The number of nitrogens with zero attached hydrogens (tertiary/aromatic N) is 3. The molecule has 0 aliphatic carbocycles. The number of rotatable bonds is 4. The Hall–Kier alpha value is -0.980. The summed E-state index contributed by atoms with van der Waals surface area (Å²) in [5, 5.41) is 12.7. The molecule has 5 nitrogen and oxygen atoms in total. The molecule has 0 atom stereocenters. The third-order valence-corrected chi connectivity index (χ3v) is 4.78. The van der Waals surface area contributed by atoms with Gasteiger partial charge < -0.3 is 10.0 Å². The second kappa shape index (κ2) is 7.06. The number of aliphatic hydroxyl groups is 1. The van der Waals surface area contributed by atoms with E-state index in [2.05, 4.69) is 31.1 Å². The van der Waals surface area contributed by atoms with Crippen LogP contribution in [0.4, 0.5) is 0 Å². The van der Waals surface area contributed by atoms with Crippen molar-refractivity contribution in [3.63, 3.8) is 0 Å². The largest absolute Gasteiger partial charge is 0.393 e. The number of aliphatic hydroxyl groups excluding tert-OH is 1. The molecule has 2 heterocycles. The van der Waals surface area contributed by atoms with Gasteiger partial charge in [0.25, 0.3) is 0 Å². The Labute approximate surface area is 137 Å². The van der Waals surface area contributed by atoms with Gasteiger partial charge in [0.05, 0.1) is 24.9 Å². The average molecular weight is 325 g/mol. The lowest BCUT2D eigenvalue weighted by molar-refractivity contribution is -0.134. The maximum absolute atomic E-state index is 12.3. The van der Waals surface area contributed by atoms with E-state index in [1.165, 1.54) is 0 Å². The predicted octanol–water partition coefficient (Wildman–Crippen LogP) is 1.86. The molecule has 1 aromatic rings. The normalized spacial score (nSPS) is 17.3. The van der Waals surface area contributed by atoms with Crippen molar-refractivity contribution in [2.75, 3.05) is 26.7 Å². The highest BCUT2D eigenvalue weighted by atomic mass is 32.1. The van der Waals surface area contributed by atoms with Crippen LogP contribution in [0, 0.1) is 0 Å². The summed E-state index contributed by atoms with van der Waals surface area (Å²) in [6.07, 6.45) is 1.14. The lowest BCUT2D eigenvalue weighted by Gasteiger charge is -2.30. The van der Waals surface area contributed by atoms with E-state index in [-0.39, 0.29) is 17.4 Å². The van der Waals surface area contributed by atoms with Gasteiger partial charge in [0.1, 0.15) is 5.01 Å². The van der Waals surface area contributed by atoms with E-state index in [1.807, 2.05) is 16.8 Å². The van der Waals surface area contributed by atoms with Crippen molar-refractivity contribution in [3.8, 4) is 0 Å². The Kier molecular flexibility index (Phi) is 5.58. The van der Waals surface area contributed by atoms with Crippen LogP contribution in [0.15, 0.2) is 5.38 Å². The third-order valence-electron chi connectivity index (χ3n) is 3.95. The number of hydrogen-bond donors (Lipinski definition) is 1. The summed E-state index contributed by atoms with van der Waals surface area (Å²) >= 11 is 1.66. The van der Waals surface area contributed by atoms with E-state index in [4.69, 9.17) is 0 Å². The van der Waals surface area contributed by atoms with E-state index >= 15 is 0 Å². The average Bonchev–Trinajstić information content (AvgIpc) is 2.87. The Balaban J connectivity index is 1.83. The molecule has 1 N–H and O–H groups in total. The number of amides is 1. The highest BCUT2D eigenvalue weighted by Crippen LogP contribution is 2.24. The standard InChI is InChI=1S/C16H27N3O2S/c1-16(2,3)13-11-22-14(17-13)9-18(4)10-15(21)19-7-5-12(20)6-8-19/h11-12,20H,5-10H2,1-4H3. The van der Waals surface area contributed by atoms with E-state index in [0.717, 1.165) is 10.7 Å². The van der Waals surface area contributed by atoms with Gasteiger partial charge >= 0.3 is 0 Å². The smallest absolute Gasteiger partial charge is 0.236 e. The van der Waals surface area contributed by atoms with Gasteiger partial charge in [-0.2, -0.15) is 0 Å². The van der Waals surface area contributed by atoms with Gasteiger partial charge in [-0.05, 0) is 19.9 Å². The summed E-state index contributed by atoms with van der Waals surface area (Å²) in [5.41, 5.74) is 1.18. The number of carbonyl (C=O) groups excluding carboxylic acids is 1. The number of thiazole rings is 1. The molecule has 0 aromatic carbocycles. The van der Waals surface area contributed by atoms with Crippen molar-refractivity contribution in [3.05, 3.63) is 16.1 Å². The van der Waals surface area contributed by atoms with Crippen molar-refractivity contribution >= 4 is 17.2 Å². The predicted molar refractivity (Wildman–Crippen MR) is 89.0 cm³/mol. The monoisotopic (exact) mass is 325 g/mol. The lowest BCUT2D eigenvalue weighted by Crippen LogP contribution is -2.44. The molecule has 2 rings (SSSR count). The minimum Gasteiger partial charge on any atom is -0.393 e. The van der Waals surface area contributed by atoms with E-state index in [1.54, 1.807) is 11.3 Å². The van der Waals surface area contributed by atoms with Gasteiger partial charge in [-0.25, -0.2) is 4.98 Å². The number of aromatic nitrogens is 1. The SMILES string of the molecule is CN(CC(=O)N1CCC(O)CC1)Cc1nc(C(C)(C)C)cs1. The van der Waals surface area contributed by atoms with Crippen molar-refractivity contribution in [1.82, 2.24) is 14.8 Å². The summed E-state index contributed by atoms with van der Waals surface area (Å²) in [6.45, 7) is 8.90. The summed E-state index contributed by atoms with van der Waals surface area (Å²) in [6, 6.07) is 0. The van der Waals surface area contributed by atoms with Gasteiger partial charge in [0, 0.05) is 23.9 Å². The topological polar surface area (TPSA) is 56.7 Å². The summed E-state index contributed by atoms with van der Waals surface area (Å²) in [7, 11) is 1.95. The van der Waals surface area contributed by atoms with Crippen LogP contribution < -0.4 is 0 Å². The molecule has 0 bridgehead atoms. The zero-order valence-electron chi connectivity index (χ0n) is 14.0. The maximum atomic E-state index is 12.3. The number of carbonyl (C=O) groups is 1. The molecule has 1 saturated heterocycles. The number of likely N-dealkylation sites (N-methyl/N-ethyl adjacent to an activating group) is 1. The van der Waals surface area contributed by atoms with Crippen molar-refractivity contribution in [1.29, 1.82) is 0 Å².